The number of benzene rings is 1. The van der Waals surface area contributed by atoms with Crippen molar-refractivity contribution < 1.29 is 19.1 Å². The number of carbonyl (C=O) groups excluding carboxylic acids is 2. The van der Waals surface area contributed by atoms with E-state index in [0.717, 1.165) is 30.9 Å². The Balaban J connectivity index is 1.49. The van der Waals surface area contributed by atoms with Crippen molar-refractivity contribution in [1.29, 1.82) is 0 Å². The van der Waals surface area contributed by atoms with Gasteiger partial charge in [-0.2, -0.15) is 0 Å². The molecule has 0 aliphatic carbocycles. The van der Waals surface area contributed by atoms with Gasteiger partial charge in [0.15, 0.2) is 0 Å². The van der Waals surface area contributed by atoms with Gasteiger partial charge in [0.25, 0.3) is 5.91 Å². The summed E-state index contributed by atoms with van der Waals surface area (Å²) in [6.45, 7) is 4.05. The quantitative estimate of drug-likeness (QED) is 0.826. The number of hydrogen-bond donors (Lipinski definition) is 2. The van der Waals surface area contributed by atoms with E-state index in [1.165, 1.54) is 4.90 Å². The van der Waals surface area contributed by atoms with Crippen molar-refractivity contribution in [2.24, 2.45) is 0 Å². The van der Waals surface area contributed by atoms with E-state index in [9.17, 15) is 9.59 Å². The second kappa shape index (κ2) is 7.53. The second-order valence-electron chi connectivity index (χ2n) is 6.06. The van der Waals surface area contributed by atoms with Crippen molar-refractivity contribution in [2.45, 2.75) is 31.9 Å². The molecule has 0 bridgehead atoms. The van der Waals surface area contributed by atoms with Crippen LogP contribution in [0.25, 0.3) is 0 Å². The summed E-state index contributed by atoms with van der Waals surface area (Å²) in [5.74, 6) is 0.539. The average molecular weight is 333 g/mol. The van der Waals surface area contributed by atoms with Crippen LogP contribution in [0.2, 0.25) is 0 Å². The van der Waals surface area contributed by atoms with Crippen LogP contribution in [0.15, 0.2) is 24.3 Å². The van der Waals surface area contributed by atoms with E-state index in [0.29, 0.717) is 19.7 Å². The lowest BCUT2D eigenvalue weighted by Crippen LogP contribution is -2.43. The molecule has 0 saturated carbocycles. The number of rotatable bonds is 6. The van der Waals surface area contributed by atoms with Gasteiger partial charge in [0.05, 0.1) is 6.10 Å². The highest BCUT2D eigenvalue weighted by Crippen LogP contribution is 2.19. The average Bonchev–Trinajstić information content (AvgIpc) is 3.25. The molecule has 130 valence electrons. The van der Waals surface area contributed by atoms with Gasteiger partial charge in [-0.25, -0.2) is 4.79 Å². The molecule has 3 amide bonds. The van der Waals surface area contributed by atoms with Gasteiger partial charge in [0.1, 0.15) is 18.4 Å². The van der Waals surface area contributed by atoms with E-state index in [-0.39, 0.29) is 18.0 Å². The molecule has 1 aromatic carbocycles. The lowest BCUT2D eigenvalue weighted by molar-refractivity contribution is -0.128. The zero-order valence-electron chi connectivity index (χ0n) is 13.8. The van der Waals surface area contributed by atoms with Gasteiger partial charge < -0.3 is 20.1 Å². The summed E-state index contributed by atoms with van der Waals surface area (Å²) >= 11 is 0. The summed E-state index contributed by atoms with van der Waals surface area (Å²) in [5.41, 5.74) is 0.805. The number of nitrogens with one attached hydrogen (secondary N) is 2. The van der Waals surface area contributed by atoms with E-state index >= 15 is 0 Å². The molecule has 7 nitrogen and oxygen atoms in total. The number of ether oxygens (including phenoxy) is 2. The fraction of sp³-hybridized carbons (Fsp3) is 0.529. The third-order valence-electron chi connectivity index (χ3n) is 4.19. The maximum atomic E-state index is 12.2. The van der Waals surface area contributed by atoms with Crippen molar-refractivity contribution in [1.82, 2.24) is 10.2 Å². The summed E-state index contributed by atoms with van der Waals surface area (Å²) in [5, 5.41) is 5.74. The molecule has 0 spiro atoms. The molecule has 2 saturated heterocycles. The summed E-state index contributed by atoms with van der Waals surface area (Å²) in [6.07, 6.45) is 2.33. The first-order valence-electron chi connectivity index (χ1n) is 8.33. The summed E-state index contributed by atoms with van der Waals surface area (Å²) in [4.78, 5) is 25.0. The predicted molar refractivity (Wildman–Crippen MR) is 89.1 cm³/mol. The molecule has 2 N–H and O–H groups in total. The highest BCUT2D eigenvalue weighted by molar-refractivity contribution is 5.99. The van der Waals surface area contributed by atoms with Crippen molar-refractivity contribution in [3.8, 4) is 5.75 Å². The minimum absolute atomic E-state index is 0.187. The molecule has 2 atom stereocenters. The van der Waals surface area contributed by atoms with Gasteiger partial charge in [-0.3, -0.25) is 9.69 Å². The van der Waals surface area contributed by atoms with E-state index in [4.69, 9.17) is 9.47 Å². The van der Waals surface area contributed by atoms with Gasteiger partial charge in [0.2, 0.25) is 0 Å². The number of urea groups is 1. The van der Waals surface area contributed by atoms with Crippen molar-refractivity contribution in [3.63, 3.8) is 0 Å². The van der Waals surface area contributed by atoms with Crippen LogP contribution in [0.4, 0.5) is 10.5 Å². The Kier molecular flexibility index (Phi) is 5.20. The number of imide groups is 1. The zero-order valence-corrected chi connectivity index (χ0v) is 13.8. The van der Waals surface area contributed by atoms with Gasteiger partial charge >= 0.3 is 6.03 Å². The molecule has 0 aromatic heterocycles. The Morgan fingerprint density at radius 3 is 2.88 bits per heavy atom. The van der Waals surface area contributed by atoms with Gasteiger partial charge in [-0.05, 0) is 44.0 Å². The Morgan fingerprint density at radius 2 is 2.25 bits per heavy atom. The minimum Gasteiger partial charge on any atom is -0.491 e. The van der Waals surface area contributed by atoms with Crippen LogP contribution < -0.4 is 15.4 Å². The lowest BCUT2D eigenvalue weighted by atomic mass is 10.2. The maximum absolute atomic E-state index is 12.2. The van der Waals surface area contributed by atoms with Crippen molar-refractivity contribution >= 4 is 17.6 Å². The van der Waals surface area contributed by atoms with Crippen LogP contribution in [0.3, 0.4) is 0 Å². The van der Waals surface area contributed by atoms with Gasteiger partial charge in [-0.15, -0.1) is 0 Å². The first-order valence-corrected chi connectivity index (χ1v) is 8.33. The van der Waals surface area contributed by atoms with Crippen molar-refractivity contribution in [2.75, 3.05) is 31.6 Å². The van der Waals surface area contributed by atoms with Gasteiger partial charge in [0, 0.05) is 25.4 Å². The van der Waals surface area contributed by atoms with Crippen LogP contribution in [-0.2, 0) is 9.53 Å². The Bertz CT molecular complexity index is 584. The lowest BCUT2D eigenvalue weighted by Gasteiger charge is -2.20. The minimum atomic E-state index is -0.479. The number of nitrogens with zero attached hydrogens (tertiary/aromatic N) is 1. The number of amides is 3. The van der Waals surface area contributed by atoms with Crippen LogP contribution in [0.5, 0.6) is 5.75 Å². The monoisotopic (exact) mass is 333 g/mol. The standard InChI is InChI=1S/C17H23N3O4/c1-12(16(21)20-9-8-18-17(20)22)19-13-4-6-14(7-5-13)24-11-15-3-2-10-23-15/h4-7,12,15,19H,2-3,8-11H2,1H3,(H,18,22)/t12-,15+/m1/s1. The molecule has 2 heterocycles. The third-order valence-corrected chi connectivity index (χ3v) is 4.19. The Hall–Kier alpha value is -2.28. The van der Waals surface area contributed by atoms with E-state index in [1.807, 2.05) is 24.3 Å². The van der Waals surface area contributed by atoms with Crippen LogP contribution in [-0.4, -0.2) is 55.3 Å². The molecule has 24 heavy (non-hydrogen) atoms. The Morgan fingerprint density at radius 1 is 1.46 bits per heavy atom. The second-order valence-corrected chi connectivity index (χ2v) is 6.06. The highest BCUT2D eigenvalue weighted by Gasteiger charge is 2.29. The van der Waals surface area contributed by atoms with Crippen LogP contribution >= 0.6 is 0 Å². The summed E-state index contributed by atoms with van der Waals surface area (Å²) < 4.78 is 11.2. The molecule has 3 rings (SSSR count). The van der Waals surface area contributed by atoms with Crippen molar-refractivity contribution in [3.05, 3.63) is 24.3 Å². The fourth-order valence-corrected chi connectivity index (χ4v) is 2.84. The molecule has 2 fully saturated rings. The van der Waals surface area contributed by atoms with E-state index in [2.05, 4.69) is 10.6 Å². The highest BCUT2D eigenvalue weighted by atomic mass is 16.5. The molecular formula is C17H23N3O4. The molecule has 2 aliphatic rings. The number of anilines is 1. The molecule has 2 aliphatic heterocycles. The molecular weight excluding hydrogens is 310 g/mol. The zero-order chi connectivity index (χ0) is 16.9. The topological polar surface area (TPSA) is 79.9 Å². The normalized spacial score (nSPS) is 21.5. The number of carbonyl (C=O) groups is 2. The Labute approximate surface area is 141 Å². The molecule has 7 heteroatoms. The largest absolute Gasteiger partial charge is 0.491 e. The summed E-state index contributed by atoms with van der Waals surface area (Å²) in [7, 11) is 0. The van der Waals surface area contributed by atoms with Crippen LogP contribution in [0.1, 0.15) is 19.8 Å². The molecule has 1 aromatic rings. The first-order chi connectivity index (χ1) is 11.6. The summed E-state index contributed by atoms with van der Waals surface area (Å²) in [6, 6.07) is 6.63. The van der Waals surface area contributed by atoms with Gasteiger partial charge in [-0.1, -0.05) is 0 Å². The SMILES string of the molecule is C[C@@H](Nc1ccc(OC[C@@H]2CCCO2)cc1)C(=O)N1CCNC1=O. The predicted octanol–water partition coefficient (Wildman–Crippen LogP) is 1.60. The number of hydrogen-bond acceptors (Lipinski definition) is 5. The van der Waals surface area contributed by atoms with E-state index < -0.39 is 6.04 Å². The molecule has 0 unspecified atom stereocenters. The first kappa shape index (κ1) is 16.6. The third kappa shape index (κ3) is 3.97. The maximum Gasteiger partial charge on any atom is 0.324 e. The van der Waals surface area contributed by atoms with Crippen LogP contribution in [0, 0.1) is 0 Å². The molecule has 0 radical (unpaired) electrons. The van der Waals surface area contributed by atoms with E-state index in [1.54, 1.807) is 6.92 Å². The fourth-order valence-electron chi connectivity index (χ4n) is 2.84. The smallest absolute Gasteiger partial charge is 0.324 e.